The van der Waals surface area contributed by atoms with E-state index in [1.54, 1.807) is 12.1 Å². The fourth-order valence-corrected chi connectivity index (χ4v) is 1.55. The molecule has 0 unspecified atom stereocenters. The van der Waals surface area contributed by atoms with Crippen LogP contribution in [0.1, 0.15) is 11.4 Å². The van der Waals surface area contributed by atoms with Gasteiger partial charge < -0.3 is 4.57 Å². The average molecular weight is 218 g/mol. The van der Waals surface area contributed by atoms with Crippen molar-refractivity contribution in [3.05, 3.63) is 53.1 Å². The predicted molar refractivity (Wildman–Crippen MR) is 57.5 cm³/mol. The molecular formula is C11H8ClN3. The first-order valence-corrected chi connectivity index (χ1v) is 4.84. The molecule has 0 bridgehead atoms. The van der Waals surface area contributed by atoms with Crippen molar-refractivity contribution in [3.8, 4) is 6.07 Å². The number of hydrogen-bond acceptors (Lipinski definition) is 2. The van der Waals surface area contributed by atoms with E-state index < -0.39 is 0 Å². The second kappa shape index (κ2) is 4.16. The van der Waals surface area contributed by atoms with Crippen LogP contribution < -0.4 is 0 Å². The van der Waals surface area contributed by atoms with Crippen molar-refractivity contribution in [2.45, 2.75) is 6.54 Å². The summed E-state index contributed by atoms with van der Waals surface area (Å²) in [5, 5.41) is 9.29. The van der Waals surface area contributed by atoms with Gasteiger partial charge in [0.1, 0.15) is 16.9 Å². The van der Waals surface area contributed by atoms with Gasteiger partial charge in [0, 0.05) is 6.20 Å². The number of nitriles is 1. The molecule has 74 valence electrons. The fraction of sp³-hybridized carbons (Fsp3) is 0.0909. The van der Waals surface area contributed by atoms with Gasteiger partial charge in [0.25, 0.3) is 0 Å². The Morgan fingerprint density at radius 1 is 1.33 bits per heavy atom. The highest BCUT2D eigenvalue weighted by Gasteiger charge is 2.01. The Morgan fingerprint density at radius 3 is 2.93 bits per heavy atom. The summed E-state index contributed by atoms with van der Waals surface area (Å²) in [5.41, 5.74) is 1.46. The molecular weight excluding hydrogens is 210 g/mol. The van der Waals surface area contributed by atoms with Gasteiger partial charge in [0.2, 0.25) is 0 Å². The fourth-order valence-electron chi connectivity index (χ4n) is 1.37. The first-order chi connectivity index (χ1) is 7.29. The molecule has 4 heteroatoms. The third kappa shape index (κ3) is 2.17. The summed E-state index contributed by atoms with van der Waals surface area (Å²) in [4.78, 5) is 4.16. The normalized spacial score (nSPS) is 9.87. The van der Waals surface area contributed by atoms with Crippen molar-refractivity contribution in [2.24, 2.45) is 0 Å². The second-order valence-electron chi connectivity index (χ2n) is 3.08. The lowest BCUT2D eigenvalue weighted by Crippen LogP contribution is -2.02. The highest BCUT2D eigenvalue weighted by Crippen LogP contribution is 2.08. The molecule has 0 aliphatic carbocycles. The van der Waals surface area contributed by atoms with E-state index in [0.717, 1.165) is 5.69 Å². The molecule has 0 N–H and O–H groups in total. The first kappa shape index (κ1) is 9.75. The Hall–Kier alpha value is -1.79. The number of hydrogen-bond donors (Lipinski definition) is 0. The Morgan fingerprint density at radius 2 is 2.20 bits per heavy atom. The SMILES string of the molecule is N#Cc1cccn1Cc1cccc(Cl)n1. The molecule has 0 saturated carbocycles. The van der Waals surface area contributed by atoms with E-state index in [9.17, 15) is 0 Å². The molecule has 0 saturated heterocycles. The van der Waals surface area contributed by atoms with E-state index in [1.807, 2.05) is 29.0 Å². The van der Waals surface area contributed by atoms with Crippen molar-refractivity contribution < 1.29 is 0 Å². The standard InChI is InChI=1S/C11H8ClN3/c12-11-5-1-3-9(14-11)8-15-6-2-4-10(15)7-13/h1-6H,8H2. The van der Waals surface area contributed by atoms with Crippen molar-refractivity contribution >= 4 is 11.6 Å². The molecule has 15 heavy (non-hydrogen) atoms. The van der Waals surface area contributed by atoms with Crippen LogP contribution in [0.5, 0.6) is 0 Å². The minimum atomic E-state index is 0.471. The van der Waals surface area contributed by atoms with Crippen LogP contribution in [0.15, 0.2) is 36.5 Å². The van der Waals surface area contributed by atoms with Gasteiger partial charge in [-0.3, -0.25) is 0 Å². The summed E-state index contributed by atoms with van der Waals surface area (Å²) in [5.74, 6) is 0. The summed E-state index contributed by atoms with van der Waals surface area (Å²) >= 11 is 5.77. The Kier molecular flexibility index (Phi) is 2.70. The van der Waals surface area contributed by atoms with Gasteiger partial charge in [0.05, 0.1) is 12.2 Å². The lowest BCUT2D eigenvalue weighted by molar-refractivity contribution is 0.770. The van der Waals surface area contributed by atoms with E-state index >= 15 is 0 Å². The van der Waals surface area contributed by atoms with Crippen LogP contribution in [0, 0.1) is 11.3 Å². The molecule has 2 rings (SSSR count). The molecule has 2 aromatic rings. The number of pyridine rings is 1. The zero-order valence-corrected chi connectivity index (χ0v) is 8.65. The van der Waals surface area contributed by atoms with Crippen molar-refractivity contribution in [1.29, 1.82) is 5.26 Å². The average Bonchev–Trinajstić information content (AvgIpc) is 2.65. The van der Waals surface area contributed by atoms with Crippen LogP contribution in [0.3, 0.4) is 0 Å². The van der Waals surface area contributed by atoms with Gasteiger partial charge in [-0.2, -0.15) is 5.26 Å². The molecule has 0 aliphatic heterocycles. The molecule has 3 nitrogen and oxygen atoms in total. The molecule has 0 radical (unpaired) electrons. The number of halogens is 1. The predicted octanol–water partition coefficient (Wildman–Crippen LogP) is 2.46. The number of aromatic nitrogens is 2. The van der Waals surface area contributed by atoms with Crippen molar-refractivity contribution in [3.63, 3.8) is 0 Å². The van der Waals surface area contributed by atoms with E-state index in [1.165, 1.54) is 0 Å². The van der Waals surface area contributed by atoms with Gasteiger partial charge in [-0.1, -0.05) is 17.7 Å². The largest absolute Gasteiger partial charge is 0.333 e. The van der Waals surface area contributed by atoms with E-state index in [2.05, 4.69) is 11.1 Å². The van der Waals surface area contributed by atoms with E-state index in [4.69, 9.17) is 16.9 Å². The van der Waals surface area contributed by atoms with Crippen LogP contribution in [-0.4, -0.2) is 9.55 Å². The van der Waals surface area contributed by atoms with Crippen LogP contribution in [0.25, 0.3) is 0 Å². The summed E-state index contributed by atoms with van der Waals surface area (Å²) in [6, 6.07) is 11.2. The Balaban J connectivity index is 2.26. The minimum Gasteiger partial charge on any atom is -0.333 e. The molecule has 0 aromatic carbocycles. The topological polar surface area (TPSA) is 41.6 Å². The maximum absolute atomic E-state index is 8.82. The maximum Gasteiger partial charge on any atom is 0.129 e. The van der Waals surface area contributed by atoms with Crippen LogP contribution in [0.2, 0.25) is 5.15 Å². The van der Waals surface area contributed by atoms with Crippen LogP contribution >= 0.6 is 11.6 Å². The molecule has 2 heterocycles. The lowest BCUT2D eigenvalue weighted by atomic mass is 10.3. The summed E-state index contributed by atoms with van der Waals surface area (Å²) in [6.45, 7) is 0.566. The third-order valence-corrected chi connectivity index (χ3v) is 2.26. The summed E-state index contributed by atoms with van der Waals surface area (Å²) < 4.78 is 1.83. The van der Waals surface area contributed by atoms with Gasteiger partial charge in [0.15, 0.2) is 0 Å². The summed E-state index contributed by atoms with van der Waals surface area (Å²) in [7, 11) is 0. The highest BCUT2D eigenvalue weighted by atomic mass is 35.5. The monoisotopic (exact) mass is 217 g/mol. The molecule has 2 aromatic heterocycles. The van der Waals surface area contributed by atoms with Crippen molar-refractivity contribution in [1.82, 2.24) is 9.55 Å². The highest BCUT2D eigenvalue weighted by molar-refractivity contribution is 6.29. The van der Waals surface area contributed by atoms with Gasteiger partial charge in [-0.05, 0) is 24.3 Å². The maximum atomic E-state index is 8.82. The van der Waals surface area contributed by atoms with Crippen LogP contribution in [-0.2, 0) is 6.54 Å². The van der Waals surface area contributed by atoms with Gasteiger partial charge in [-0.25, -0.2) is 4.98 Å². The van der Waals surface area contributed by atoms with E-state index in [-0.39, 0.29) is 0 Å². The third-order valence-electron chi connectivity index (χ3n) is 2.05. The molecule has 0 aliphatic rings. The molecule has 0 spiro atoms. The zero-order chi connectivity index (χ0) is 10.7. The molecule has 0 fully saturated rings. The number of rotatable bonds is 2. The second-order valence-corrected chi connectivity index (χ2v) is 3.47. The minimum absolute atomic E-state index is 0.471. The lowest BCUT2D eigenvalue weighted by Gasteiger charge is -2.03. The number of nitrogens with zero attached hydrogens (tertiary/aromatic N) is 3. The summed E-state index contributed by atoms with van der Waals surface area (Å²) in [6.07, 6.45) is 1.85. The first-order valence-electron chi connectivity index (χ1n) is 4.46. The zero-order valence-electron chi connectivity index (χ0n) is 7.89. The van der Waals surface area contributed by atoms with Gasteiger partial charge in [-0.15, -0.1) is 0 Å². The van der Waals surface area contributed by atoms with Crippen LogP contribution in [0.4, 0.5) is 0 Å². The smallest absolute Gasteiger partial charge is 0.129 e. The van der Waals surface area contributed by atoms with Crippen molar-refractivity contribution in [2.75, 3.05) is 0 Å². The van der Waals surface area contributed by atoms with E-state index in [0.29, 0.717) is 17.4 Å². The Bertz CT molecular complexity index is 511. The molecule has 0 atom stereocenters. The van der Waals surface area contributed by atoms with Gasteiger partial charge >= 0.3 is 0 Å². The molecule has 0 amide bonds. The Labute approximate surface area is 92.6 Å². The quantitative estimate of drug-likeness (QED) is 0.726.